The second-order valence-electron chi connectivity index (χ2n) is 23.6. The summed E-state index contributed by atoms with van der Waals surface area (Å²) in [4.78, 5) is 119. The number of para-hydroxylation sites is 4. The number of ketones is 1. The molecule has 98 heavy (non-hydrogen) atoms. The van der Waals surface area contributed by atoms with Gasteiger partial charge in [0.05, 0.1) is 97.4 Å². The van der Waals surface area contributed by atoms with Crippen molar-refractivity contribution in [3.63, 3.8) is 0 Å². The standard InChI is InChI=1S/C69H100N12O17/c1-3-39-95-44-45-96-40-37-80-32-25-74-66(90)54-16-7-14-52(60(54)84)64(88)71-22-29-78(30-23-72-65(89)53-15-8-17-55(61(53)85)67(91)75-26-33-80)35-36-81-28-10-20-58(82)50-12-6-13-51(59(50)83)63(87)73-24-31-79(38-41-97-46-47-98-43-42-94-2)34-27-76-68(92)56-18-9-19-57(62(56)86)69(93)77-49(48-81)11-4-5-21-70/h6-9,12-19,49,83-86H,3-5,10-11,20-48,70H2,1-2H3,(H,71,88)(H,72,89)(H,73,87)(H,74,90)(H,75,91)(H,76,92)(H,77,93). The predicted molar refractivity (Wildman–Crippen MR) is 365 cm³/mol. The first-order valence-electron chi connectivity index (χ1n) is 33.7. The molecule has 0 fully saturated rings. The number of hydrogen-bond acceptors (Lipinski definition) is 22. The SMILES string of the molecule is CCCOCCOCCN1CCNC(=O)c2cccc(c2O)C(=O)NCCN(CCN2CCCC(=O)c3cccc(c3O)C(=O)NCCN(CCOCCOCCOC)CCNC(=O)c3cccc(c3O)C(=O)NC(CCCCN)C2)CCNC(=O)c2cccc(c2O)C(=O)NCC1. The first-order chi connectivity index (χ1) is 47.5. The number of benzene rings is 4. The molecule has 0 spiro atoms. The van der Waals surface area contributed by atoms with E-state index in [1.807, 2.05) is 26.5 Å². The topological polar surface area (TPSA) is 387 Å². The molecule has 0 aromatic heterocycles. The zero-order chi connectivity index (χ0) is 70.4. The molecule has 29 heteroatoms. The van der Waals surface area contributed by atoms with Crippen LogP contribution < -0.4 is 43.0 Å². The Morgan fingerprint density at radius 2 is 0.735 bits per heavy atom. The number of nitrogens with zero attached hydrogens (tertiary/aromatic N) is 4. The molecule has 13 N–H and O–H groups in total. The van der Waals surface area contributed by atoms with Crippen LogP contribution in [-0.2, 0) is 23.7 Å². The normalized spacial score (nSPS) is 17.6. The first-order valence-corrected chi connectivity index (χ1v) is 33.7. The van der Waals surface area contributed by atoms with Crippen molar-refractivity contribution >= 4 is 47.1 Å². The fraction of sp³-hybridized carbons (Fsp3) is 0.536. The van der Waals surface area contributed by atoms with Gasteiger partial charge in [0.15, 0.2) is 5.78 Å². The van der Waals surface area contributed by atoms with Crippen LogP contribution in [-0.4, -0.2) is 284 Å². The zero-order valence-corrected chi connectivity index (χ0v) is 56.5. The fourth-order valence-corrected chi connectivity index (χ4v) is 11.0. The fourth-order valence-electron chi connectivity index (χ4n) is 11.0. The van der Waals surface area contributed by atoms with Crippen molar-refractivity contribution in [1.82, 2.24) is 56.8 Å². The van der Waals surface area contributed by atoms with Crippen LogP contribution >= 0.6 is 0 Å². The quantitative estimate of drug-likeness (QED) is 0.0443. The van der Waals surface area contributed by atoms with E-state index >= 15 is 0 Å². The van der Waals surface area contributed by atoms with Crippen molar-refractivity contribution in [3.05, 3.63) is 117 Å². The minimum atomic E-state index is -0.671. The van der Waals surface area contributed by atoms with Crippen LogP contribution in [0.5, 0.6) is 23.0 Å². The molecule has 0 saturated heterocycles. The van der Waals surface area contributed by atoms with Gasteiger partial charge in [-0.05, 0) is 87.3 Å². The van der Waals surface area contributed by atoms with E-state index in [4.69, 9.17) is 29.4 Å². The Labute approximate surface area is 572 Å². The van der Waals surface area contributed by atoms with Gasteiger partial charge in [-0.1, -0.05) is 37.6 Å². The van der Waals surface area contributed by atoms with Crippen molar-refractivity contribution in [1.29, 1.82) is 0 Å². The lowest BCUT2D eigenvalue weighted by Crippen LogP contribution is -2.47. The van der Waals surface area contributed by atoms with Gasteiger partial charge in [-0.2, -0.15) is 0 Å². The van der Waals surface area contributed by atoms with E-state index < -0.39 is 76.2 Å². The maximum Gasteiger partial charge on any atom is 0.255 e. The van der Waals surface area contributed by atoms with E-state index in [0.29, 0.717) is 118 Å². The number of phenolic OH excluding ortho intramolecular Hbond substituents is 4. The Morgan fingerprint density at radius 3 is 1.11 bits per heavy atom. The second-order valence-corrected chi connectivity index (χ2v) is 23.6. The Balaban J connectivity index is 1.24. The Morgan fingerprint density at radius 1 is 0.408 bits per heavy atom. The summed E-state index contributed by atoms with van der Waals surface area (Å²) in [5.74, 6) is -7.00. The number of methoxy groups -OCH3 is 1. The average molecular weight is 1370 g/mol. The molecule has 7 amide bonds. The number of phenols is 4. The minimum absolute atomic E-state index is 0.000297. The van der Waals surface area contributed by atoms with Gasteiger partial charge in [0, 0.05) is 137 Å². The highest BCUT2D eigenvalue weighted by Gasteiger charge is 2.27. The monoisotopic (exact) mass is 1370 g/mol. The molecule has 1 unspecified atom stereocenters. The molecular weight excluding hydrogens is 1270 g/mol. The van der Waals surface area contributed by atoms with Crippen molar-refractivity contribution in [3.8, 4) is 23.0 Å². The molecule has 4 aromatic carbocycles. The zero-order valence-electron chi connectivity index (χ0n) is 56.5. The Kier molecular flexibility index (Phi) is 35.2. The minimum Gasteiger partial charge on any atom is -0.506 e. The number of hydrogen-bond donors (Lipinski definition) is 12. The number of nitrogens with one attached hydrogen (secondary N) is 7. The second kappa shape index (κ2) is 43.8. The lowest BCUT2D eigenvalue weighted by Gasteiger charge is -2.31. The van der Waals surface area contributed by atoms with Crippen LogP contribution in [0.2, 0.25) is 0 Å². The summed E-state index contributed by atoms with van der Waals surface area (Å²) in [5.41, 5.74) is 4.96. The molecule has 0 aliphatic carbocycles. The molecule has 1 atom stereocenters. The number of unbranched alkanes of at least 4 members (excludes halogenated alkanes) is 1. The first kappa shape index (κ1) is 78.6. The molecule has 0 radical (unpaired) electrons. The summed E-state index contributed by atoms with van der Waals surface area (Å²) in [5, 5.41) is 65.9. The van der Waals surface area contributed by atoms with Gasteiger partial charge in [0.2, 0.25) is 0 Å². The third-order valence-electron chi connectivity index (χ3n) is 16.5. The lowest BCUT2D eigenvalue weighted by atomic mass is 10.0. The Bertz CT molecular complexity index is 3120. The number of rotatable bonds is 24. The molecular formula is C69H100N12O17. The molecule has 2 aliphatic rings. The van der Waals surface area contributed by atoms with Crippen LogP contribution in [0.3, 0.4) is 0 Å². The van der Waals surface area contributed by atoms with Gasteiger partial charge in [0.1, 0.15) is 23.0 Å². The number of Topliss-reactive ketones (excluding diaryl/α,β-unsaturated/α-hetero) is 1. The third-order valence-corrected chi connectivity index (χ3v) is 16.5. The van der Waals surface area contributed by atoms with Crippen LogP contribution in [0.1, 0.15) is 128 Å². The highest BCUT2D eigenvalue weighted by molar-refractivity contribution is 6.07. The summed E-state index contributed by atoms with van der Waals surface area (Å²) < 4.78 is 27.5. The van der Waals surface area contributed by atoms with E-state index in [1.165, 1.54) is 72.8 Å². The van der Waals surface area contributed by atoms with E-state index in [1.54, 1.807) is 7.11 Å². The van der Waals surface area contributed by atoms with Crippen LogP contribution in [0.15, 0.2) is 72.8 Å². The molecule has 8 bridgehead atoms. The molecule has 6 rings (SSSR count). The van der Waals surface area contributed by atoms with Crippen molar-refractivity contribution < 1.29 is 82.5 Å². The van der Waals surface area contributed by atoms with E-state index in [9.17, 15) is 58.8 Å². The van der Waals surface area contributed by atoms with Gasteiger partial charge >= 0.3 is 0 Å². The number of aromatic hydroxyl groups is 4. The summed E-state index contributed by atoms with van der Waals surface area (Å²) in [7, 11) is 1.58. The van der Waals surface area contributed by atoms with Crippen LogP contribution in [0.4, 0.5) is 0 Å². The maximum absolute atomic E-state index is 14.4. The molecule has 0 saturated carbocycles. The van der Waals surface area contributed by atoms with E-state index in [0.717, 1.165) is 6.42 Å². The number of carbonyl (C=O) groups is 8. The van der Waals surface area contributed by atoms with Gasteiger partial charge in [0.25, 0.3) is 41.4 Å². The third kappa shape index (κ3) is 26.1. The van der Waals surface area contributed by atoms with Crippen molar-refractivity contribution in [2.75, 3.05) is 191 Å². The molecule has 2 aliphatic heterocycles. The smallest absolute Gasteiger partial charge is 0.255 e. The van der Waals surface area contributed by atoms with Crippen LogP contribution in [0.25, 0.3) is 0 Å². The summed E-state index contributed by atoms with van der Waals surface area (Å²) in [6.07, 6.45) is 2.65. The summed E-state index contributed by atoms with van der Waals surface area (Å²) in [6, 6.07) is 16.6. The van der Waals surface area contributed by atoms with Gasteiger partial charge in [-0.3, -0.25) is 53.1 Å². The van der Waals surface area contributed by atoms with Gasteiger partial charge in [-0.15, -0.1) is 0 Å². The Hall–Kier alpha value is -8.36. The number of carbonyl (C=O) groups excluding carboxylic acids is 8. The van der Waals surface area contributed by atoms with E-state index in [2.05, 4.69) is 37.2 Å². The maximum atomic E-state index is 14.4. The lowest BCUT2D eigenvalue weighted by molar-refractivity contribution is 0.0196. The summed E-state index contributed by atoms with van der Waals surface area (Å²) >= 11 is 0. The predicted octanol–water partition coefficient (Wildman–Crippen LogP) is 1.54. The highest BCUT2D eigenvalue weighted by Crippen LogP contribution is 2.27. The molecule has 29 nitrogen and oxygen atoms in total. The molecule has 538 valence electrons. The number of fused-ring (bicyclic) bond motifs is 8. The largest absolute Gasteiger partial charge is 0.506 e. The van der Waals surface area contributed by atoms with Crippen molar-refractivity contribution in [2.24, 2.45) is 5.73 Å². The number of amides is 7. The van der Waals surface area contributed by atoms with Crippen LogP contribution in [0, 0.1) is 0 Å². The average Bonchev–Trinajstić information content (AvgIpc) is 0.855. The summed E-state index contributed by atoms with van der Waals surface area (Å²) in [6.45, 7) is 9.65. The highest BCUT2D eigenvalue weighted by atomic mass is 16.5. The molecule has 2 heterocycles. The number of ether oxygens (including phenoxy) is 5. The van der Waals surface area contributed by atoms with Gasteiger partial charge < -0.3 is 92.0 Å². The molecule has 4 aromatic rings. The van der Waals surface area contributed by atoms with Crippen molar-refractivity contribution in [2.45, 2.75) is 51.5 Å². The van der Waals surface area contributed by atoms with Gasteiger partial charge in [-0.25, -0.2) is 0 Å². The number of nitrogens with two attached hydrogens (primary N) is 1. The van der Waals surface area contributed by atoms with E-state index in [-0.39, 0.29) is 142 Å².